The monoisotopic (exact) mass is 276 g/mol. The third-order valence-electron chi connectivity index (χ3n) is 3.49. The summed E-state index contributed by atoms with van der Waals surface area (Å²) in [6, 6.07) is 14.5. The molecule has 0 spiro atoms. The zero-order valence-corrected chi connectivity index (χ0v) is 11.4. The van der Waals surface area contributed by atoms with E-state index in [2.05, 4.69) is 34.9 Å². The number of carbonyl (C=O) groups excluding carboxylic acids is 1. The van der Waals surface area contributed by atoms with Gasteiger partial charge < -0.3 is 10.6 Å². The molecule has 1 fully saturated rings. The van der Waals surface area contributed by atoms with Crippen molar-refractivity contribution < 1.29 is 4.79 Å². The molecule has 19 heavy (non-hydrogen) atoms. The lowest BCUT2D eigenvalue weighted by Crippen LogP contribution is -2.50. The Balaban J connectivity index is 0.00000133. The van der Waals surface area contributed by atoms with Crippen LogP contribution in [-0.2, 0) is 11.3 Å². The minimum absolute atomic E-state index is 0. The third kappa shape index (κ3) is 2.88. The highest BCUT2D eigenvalue weighted by Crippen LogP contribution is 2.18. The number of benzene rings is 2. The van der Waals surface area contributed by atoms with Crippen LogP contribution in [0.5, 0.6) is 0 Å². The Morgan fingerprint density at radius 1 is 1.16 bits per heavy atom. The number of carbonyl (C=O) groups is 1. The number of hydrogen-bond donors (Lipinski definition) is 2. The molecule has 1 amide bonds. The van der Waals surface area contributed by atoms with E-state index in [-0.39, 0.29) is 24.2 Å². The van der Waals surface area contributed by atoms with Gasteiger partial charge in [0.15, 0.2) is 0 Å². The van der Waals surface area contributed by atoms with Crippen LogP contribution in [0.4, 0.5) is 0 Å². The van der Waals surface area contributed by atoms with Crippen molar-refractivity contribution in [2.24, 2.45) is 5.92 Å². The molecule has 2 aromatic rings. The molecule has 1 aliphatic heterocycles. The summed E-state index contributed by atoms with van der Waals surface area (Å²) >= 11 is 0. The van der Waals surface area contributed by atoms with E-state index in [1.54, 1.807) is 0 Å². The van der Waals surface area contributed by atoms with E-state index < -0.39 is 0 Å². The second-order valence-corrected chi connectivity index (χ2v) is 4.71. The Labute approximate surface area is 118 Å². The molecule has 0 bridgehead atoms. The Morgan fingerprint density at radius 2 is 1.89 bits per heavy atom. The van der Waals surface area contributed by atoms with E-state index in [1.165, 1.54) is 16.3 Å². The van der Waals surface area contributed by atoms with Gasteiger partial charge in [0.25, 0.3) is 0 Å². The maximum atomic E-state index is 11.8. The van der Waals surface area contributed by atoms with Crippen molar-refractivity contribution in [3.05, 3.63) is 48.0 Å². The highest BCUT2D eigenvalue weighted by molar-refractivity contribution is 5.86. The predicted octanol–water partition coefficient (Wildman–Crippen LogP) is 2.10. The highest BCUT2D eigenvalue weighted by Gasteiger charge is 2.24. The van der Waals surface area contributed by atoms with Crippen molar-refractivity contribution >= 4 is 29.1 Å². The molecule has 2 aromatic carbocycles. The molecule has 1 saturated heterocycles. The smallest absolute Gasteiger partial charge is 0.225 e. The molecule has 2 N–H and O–H groups in total. The molecule has 4 heteroatoms. The summed E-state index contributed by atoms with van der Waals surface area (Å²) in [4.78, 5) is 11.8. The van der Waals surface area contributed by atoms with Crippen molar-refractivity contribution in [1.82, 2.24) is 10.6 Å². The second-order valence-electron chi connectivity index (χ2n) is 4.71. The fourth-order valence-electron chi connectivity index (χ4n) is 2.25. The van der Waals surface area contributed by atoms with E-state index in [9.17, 15) is 4.79 Å². The second kappa shape index (κ2) is 6.04. The molecule has 1 aliphatic rings. The minimum Gasteiger partial charge on any atom is -0.352 e. The molecule has 100 valence electrons. The van der Waals surface area contributed by atoms with Crippen LogP contribution in [0.2, 0.25) is 0 Å². The van der Waals surface area contributed by atoms with Gasteiger partial charge >= 0.3 is 0 Å². The number of rotatable bonds is 3. The van der Waals surface area contributed by atoms with E-state index in [0.717, 1.165) is 13.1 Å². The Kier molecular flexibility index (Phi) is 4.40. The quantitative estimate of drug-likeness (QED) is 0.901. The van der Waals surface area contributed by atoms with Crippen molar-refractivity contribution in [3.63, 3.8) is 0 Å². The average molecular weight is 277 g/mol. The average Bonchev–Trinajstić information content (AvgIpc) is 2.34. The number of fused-ring (bicyclic) bond motifs is 1. The van der Waals surface area contributed by atoms with Crippen molar-refractivity contribution in [3.8, 4) is 0 Å². The molecule has 3 nitrogen and oxygen atoms in total. The van der Waals surface area contributed by atoms with Gasteiger partial charge in [-0.25, -0.2) is 0 Å². The van der Waals surface area contributed by atoms with Gasteiger partial charge in [-0.1, -0.05) is 42.5 Å². The Hall–Kier alpha value is -1.58. The fraction of sp³-hybridized carbons (Fsp3) is 0.267. The standard InChI is InChI=1S/C15H16N2O.ClH/c18-15(13-8-16-9-13)17-10-12-6-3-5-11-4-1-2-7-14(11)12;/h1-7,13,16H,8-10H2,(H,17,18);1H. The van der Waals surface area contributed by atoms with E-state index in [4.69, 9.17) is 0 Å². The molecular weight excluding hydrogens is 260 g/mol. The minimum atomic E-state index is 0. The van der Waals surface area contributed by atoms with Gasteiger partial charge in [-0.2, -0.15) is 0 Å². The van der Waals surface area contributed by atoms with Crippen LogP contribution in [0, 0.1) is 5.92 Å². The summed E-state index contributed by atoms with van der Waals surface area (Å²) in [6.45, 7) is 2.22. The van der Waals surface area contributed by atoms with Crippen LogP contribution in [0.25, 0.3) is 10.8 Å². The van der Waals surface area contributed by atoms with Crippen LogP contribution >= 0.6 is 12.4 Å². The first-order valence-electron chi connectivity index (χ1n) is 6.29. The topological polar surface area (TPSA) is 41.1 Å². The van der Waals surface area contributed by atoms with Gasteiger partial charge in [0.2, 0.25) is 5.91 Å². The van der Waals surface area contributed by atoms with E-state index in [1.807, 2.05) is 18.2 Å². The summed E-state index contributed by atoms with van der Waals surface area (Å²) in [5.74, 6) is 0.307. The summed E-state index contributed by atoms with van der Waals surface area (Å²) in [6.07, 6.45) is 0. The van der Waals surface area contributed by atoms with Gasteiger partial charge in [0.05, 0.1) is 5.92 Å². The first-order chi connectivity index (χ1) is 8.84. The largest absolute Gasteiger partial charge is 0.352 e. The number of nitrogens with one attached hydrogen (secondary N) is 2. The van der Waals surface area contributed by atoms with Gasteiger partial charge in [0, 0.05) is 19.6 Å². The lowest BCUT2D eigenvalue weighted by atomic mass is 10.0. The van der Waals surface area contributed by atoms with Crippen LogP contribution in [-0.4, -0.2) is 19.0 Å². The molecular formula is C15H17ClN2O. The molecule has 0 unspecified atom stereocenters. The summed E-state index contributed by atoms with van der Waals surface area (Å²) in [5, 5.41) is 8.56. The zero-order chi connectivity index (χ0) is 12.4. The Morgan fingerprint density at radius 3 is 2.63 bits per heavy atom. The highest BCUT2D eigenvalue weighted by atomic mass is 35.5. The van der Waals surface area contributed by atoms with Gasteiger partial charge in [0.1, 0.15) is 0 Å². The van der Waals surface area contributed by atoms with Crippen LogP contribution in [0.15, 0.2) is 42.5 Å². The predicted molar refractivity (Wildman–Crippen MR) is 79.4 cm³/mol. The molecule has 0 atom stereocenters. The fourth-order valence-corrected chi connectivity index (χ4v) is 2.25. The van der Waals surface area contributed by atoms with Gasteiger partial charge in [-0.15, -0.1) is 12.4 Å². The zero-order valence-electron chi connectivity index (χ0n) is 10.6. The van der Waals surface area contributed by atoms with E-state index in [0.29, 0.717) is 6.54 Å². The maximum Gasteiger partial charge on any atom is 0.225 e. The SMILES string of the molecule is Cl.O=C(NCc1cccc2ccccc12)C1CNC1. The Bertz CT molecular complexity index is 576. The lowest BCUT2D eigenvalue weighted by molar-refractivity contribution is -0.126. The van der Waals surface area contributed by atoms with Crippen molar-refractivity contribution in [2.75, 3.05) is 13.1 Å². The van der Waals surface area contributed by atoms with Gasteiger partial charge in [-0.05, 0) is 16.3 Å². The van der Waals surface area contributed by atoms with Crippen molar-refractivity contribution in [1.29, 1.82) is 0 Å². The molecule has 0 saturated carbocycles. The lowest BCUT2D eigenvalue weighted by Gasteiger charge is -2.25. The first-order valence-corrected chi connectivity index (χ1v) is 6.29. The van der Waals surface area contributed by atoms with Crippen LogP contribution in [0.1, 0.15) is 5.56 Å². The molecule has 0 aromatic heterocycles. The molecule has 0 aliphatic carbocycles. The number of amides is 1. The third-order valence-corrected chi connectivity index (χ3v) is 3.49. The molecule has 0 radical (unpaired) electrons. The summed E-state index contributed by atoms with van der Waals surface area (Å²) in [7, 11) is 0. The van der Waals surface area contributed by atoms with Crippen molar-refractivity contribution in [2.45, 2.75) is 6.54 Å². The molecule has 1 heterocycles. The number of hydrogen-bond acceptors (Lipinski definition) is 2. The van der Waals surface area contributed by atoms with Crippen LogP contribution < -0.4 is 10.6 Å². The summed E-state index contributed by atoms with van der Waals surface area (Å²) < 4.78 is 0. The maximum absolute atomic E-state index is 11.8. The van der Waals surface area contributed by atoms with E-state index >= 15 is 0 Å². The van der Waals surface area contributed by atoms with Gasteiger partial charge in [-0.3, -0.25) is 4.79 Å². The first kappa shape index (κ1) is 13.8. The number of halogens is 1. The normalized spacial score (nSPS) is 14.5. The van der Waals surface area contributed by atoms with Crippen LogP contribution in [0.3, 0.4) is 0 Å². The molecule has 3 rings (SSSR count). The summed E-state index contributed by atoms with van der Waals surface area (Å²) in [5.41, 5.74) is 1.17.